The molecule has 2 fully saturated rings. The van der Waals surface area contributed by atoms with E-state index < -0.39 is 0 Å². The third kappa shape index (κ3) is 2.69. The van der Waals surface area contributed by atoms with E-state index in [0.29, 0.717) is 0 Å². The van der Waals surface area contributed by atoms with Gasteiger partial charge in [0.1, 0.15) is 0 Å². The Labute approximate surface area is 91.0 Å². The number of amides is 1. The first kappa shape index (κ1) is 10.9. The Morgan fingerprint density at radius 1 is 1.47 bits per heavy atom. The zero-order chi connectivity index (χ0) is 10.7. The summed E-state index contributed by atoms with van der Waals surface area (Å²) in [7, 11) is 0. The second kappa shape index (κ2) is 4.94. The van der Waals surface area contributed by atoms with Gasteiger partial charge in [-0.2, -0.15) is 0 Å². The zero-order valence-electron chi connectivity index (χ0n) is 9.37. The average molecular weight is 212 g/mol. The van der Waals surface area contributed by atoms with Crippen molar-refractivity contribution in [3.05, 3.63) is 0 Å². The summed E-state index contributed by atoms with van der Waals surface area (Å²) in [5.41, 5.74) is 0. The lowest BCUT2D eigenvalue weighted by Crippen LogP contribution is -2.45. The topological polar surface area (TPSA) is 41.6 Å². The van der Waals surface area contributed by atoms with Gasteiger partial charge < -0.3 is 15.0 Å². The first-order valence-corrected chi connectivity index (χ1v) is 5.91. The van der Waals surface area contributed by atoms with Crippen molar-refractivity contribution < 1.29 is 9.53 Å². The number of carbonyl (C=O) groups is 1. The van der Waals surface area contributed by atoms with Crippen LogP contribution in [0.25, 0.3) is 0 Å². The van der Waals surface area contributed by atoms with Crippen molar-refractivity contribution in [3.8, 4) is 0 Å². The van der Waals surface area contributed by atoms with Crippen LogP contribution in [0.3, 0.4) is 0 Å². The minimum atomic E-state index is 0.0651. The van der Waals surface area contributed by atoms with Crippen LogP contribution in [-0.4, -0.2) is 49.2 Å². The molecule has 2 rings (SSSR count). The normalized spacial score (nSPS) is 32.7. The number of hydrogen-bond donors (Lipinski definition) is 1. The maximum absolute atomic E-state index is 12.1. The molecular weight excluding hydrogens is 192 g/mol. The Bertz CT molecular complexity index is 227. The molecule has 2 heterocycles. The van der Waals surface area contributed by atoms with E-state index in [4.69, 9.17) is 4.74 Å². The van der Waals surface area contributed by atoms with Crippen LogP contribution < -0.4 is 5.32 Å². The van der Waals surface area contributed by atoms with Gasteiger partial charge in [0, 0.05) is 19.7 Å². The van der Waals surface area contributed by atoms with Gasteiger partial charge in [-0.25, -0.2) is 0 Å². The SMILES string of the molecule is CC1CN(C(=O)[C@@H]2CCCN2)CCCO1. The number of nitrogens with one attached hydrogen (secondary N) is 1. The van der Waals surface area contributed by atoms with Crippen molar-refractivity contribution in [2.24, 2.45) is 0 Å². The van der Waals surface area contributed by atoms with E-state index >= 15 is 0 Å². The molecule has 2 aliphatic heterocycles. The standard InChI is InChI=1S/C11H20N2O2/c1-9-8-13(6-3-7-15-9)11(14)10-4-2-5-12-10/h9-10,12H,2-8H2,1H3/t9?,10-/m0/s1. The smallest absolute Gasteiger partial charge is 0.239 e. The molecule has 0 aromatic carbocycles. The molecule has 0 aliphatic carbocycles. The van der Waals surface area contributed by atoms with Gasteiger partial charge in [-0.15, -0.1) is 0 Å². The summed E-state index contributed by atoms with van der Waals surface area (Å²) in [6, 6.07) is 0.0651. The fourth-order valence-corrected chi connectivity index (χ4v) is 2.31. The van der Waals surface area contributed by atoms with E-state index in [9.17, 15) is 4.79 Å². The minimum absolute atomic E-state index is 0.0651. The van der Waals surface area contributed by atoms with E-state index in [2.05, 4.69) is 5.32 Å². The minimum Gasteiger partial charge on any atom is -0.377 e. The van der Waals surface area contributed by atoms with Gasteiger partial charge in [-0.1, -0.05) is 0 Å². The van der Waals surface area contributed by atoms with Gasteiger partial charge >= 0.3 is 0 Å². The van der Waals surface area contributed by atoms with Crippen LogP contribution in [0.2, 0.25) is 0 Å². The summed E-state index contributed by atoms with van der Waals surface area (Å²) in [5.74, 6) is 0.268. The van der Waals surface area contributed by atoms with E-state index in [1.165, 1.54) is 0 Å². The van der Waals surface area contributed by atoms with Crippen LogP contribution >= 0.6 is 0 Å². The highest BCUT2D eigenvalue weighted by Crippen LogP contribution is 2.12. The Morgan fingerprint density at radius 3 is 3.07 bits per heavy atom. The third-order valence-corrected chi connectivity index (χ3v) is 3.12. The van der Waals surface area contributed by atoms with E-state index in [1.54, 1.807) is 0 Å². The molecule has 1 N–H and O–H groups in total. The number of nitrogens with zero attached hydrogens (tertiary/aromatic N) is 1. The maximum atomic E-state index is 12.1. The van der Waals surface area contributed by atoms with Gasteiger partial charge in [0.05, 0.1) is 12.1 Å². The highest BCUT2D eigenvalue weighted by atomic mass is 16.5. The van der Waals surface area contributed by atoms with Crippen LogP contribution in [0.1, 0.15) is 26.2 Å². The Morgan fingerprint density at radius 2 is 2.33 bits per heavy atom. The highest BCUT2D eigenvalue weighted by Gasteiger charge is 2.28. The van der Waals surface area contributed by atoms with Crippen molar-refractivity contribution in [1.29, 1.82) is 0 Å². The first-order chi connectivity index (χ1) is 7.27. The molecule has 0 saturated carbocycles. The lowest BCUT2D eigenvalue weighted by atomic mass is 10.2. The van der Waals surface area contributed by atoms with Gasteiger partial charge in [-0.05, 0) is 32.7 Å². The Balaban J connectivity index is 1.92. The number of rotatable bonds is 1. The zero-order valence-corrected chi connectivity index (χ0v) is 9.37. The lowest BCUT2D eigenvalue weighted by molar-refractivity contribution is -0.133. The second-order valence-corrected chi connectivity index (χ2v) is 4.47. The first-order valence-electron chi connectivity index (χ1n) is 5.91. The number of ether oxygens (including phenoxy) is 1. The predicted molar refractivity (Wildman–Crippen MR) is 57.6 cm³/mol. The van der Waals surface area contributed by atoms with Crippen LogP contribution in [0.15, 0.2) is 0 Å². The third-order valence-electron chi connectivity index (χ3n) is 3.12. The number of hydrogen-bond acceptors (Lipinski definition) is 3. The monoisotopic (exact) mass is 212 g/mol. The number of carbonyl (C=O) groups excluding carboxylic acids is 1. The van der Waals surface area contributed by atoms with Crippen molar-refractivity contribution in [2.75, 3.05) is 26.2 Å². The molecule has 4 nitrogen and oxygen atoms in total. The molecule has 0 spiro atoms. The summed E-state index contributed by atoms with van der Waals surface area (Å²) in [6.45, 7) is 5.39. The quantitative estimate of drug-likeness (QED) is 0.683. The van der Waals surface area contributed by atoms with Crippen molar-refractivity contribution in [1.82, 2.24) is 10.2 Å². The molecule has 2 atom stereocenters. The molecule has 86 valence electrons. The van der Waals surface area contributed by atoms with E-state index in [0.717, 1.165) is 45.5 Å². The molecular formula is C11H20N2O2. The van der Waals surface area contributed by atoms with Gasteiger partial charge in [0.15, 0.2) is 0 Å². The fraction of sp³-hybridized carbons (Fsp3) is 0.909. The molecule has 15 heavy (non-hydrogen) atoms. The van der Waals surface area contributed by atoms with Crippen molar-refractivity contribution >= 4 is 5.91 Å². The summed E-state index contributed by atoms with van der Waals surface area (Å²) in [6.07, 6.45) is 3.25. The molecule has 0 aromatic heterocycles. The molecule has 0 aromatic rings. The van der Waals surface area contributed by atoms with Crippen LogP contribution in [-0.2, 0) is 9.53 Å². The highest BCUT2D eigenvalue weighted by molar-refractivity contribution is 5.82. The van der Waals surface area contributed by atoms with Gasteiger partial charge in [-0.3, -0.25) is 4.79 Å². The fourth-order valence-electron chi connectivity index (χ4n) is 2.31. The molecule has 1 amide bonds. The molecule has 0 radical (unpaired) electrons. The maximum Gasteiger partial charge on any atom is 0.239 e. The van der Waals surface area contributed by atoms with Gasteiger partial charge in [0.25, 0.3) is 0 Å². The summed E-state index contributed by atoms with van der Waals surface area (Å²) in [4.78, 5) is 14.1. The lowest BCUT2D eigenvalue weighted by Gasteiger charge is -2.25. The largest absolute Gasteiger partial charge is 0.377 e. The molecule has 2 saturated heterocycles. The van der Waals surface area contributed by atoms with Crippen LogP contribution in [0.4, 0.5) is 0 Å². The van der Waals surface area contributed by atoms with Crippen molar-refractivity contribution in [3.63, 3.8) is 0 Å². The Kier molecular flexibility index (Phi) is 3.59. The summed E-state index contributed by atoms with van der Waals surface area (Å²) in [5, 5.41) is 3.26. The average Bonchev–Trinajstić information content (AvgIpc) is 2.67. The predicted octanol–water partition coefficient (Wildman–Crippen LogP) is 0.376. The summed E-state index contributed by atoms with van der Waals surface area (Å²) >= 11 is 0. The molecule has 2 aliphatic rings. The molecule has 1 unspecified atom stereocenters. The molecule has 0 bridgehead atoms. The van der Waals surface area contributed by atoms with Crippen LogP contribution in [0, 0.1) is 0 Å². The van der Waals surface area contributed by atoms with E-state index in [-0.39, 0.29) is 18.1 Å². The Hall–Kier alpha value is -0.610. The second-order valence-electron chi connectivity index (χ2n) is 4.47. The van der Waals surface area contributed by atoms with Gasteiger partial charge in [0.2, 0.25) is 5.91 Å². The van der Waals surface area contributed by atoms with Crippen LogP contribution in [0.5, 0.6) is 0 Å². The van der Waals surface area contributed by atoms with Crippen molar-refractivity contribution in [2.45, 2.75) is 38.3 Å². The summed E-state index contributed by atoms with van der Waals surface area (Å²) < 4.78 is 5.53. The molecule has 4 heteroatoms. The van der Waals surface area contributed by atoms with E-state index in [1.807, 2.05) is 11.8 Å².